The summed E-state index contributed by atoms with van der Waals surface area (Å²) in [6.07, 6.45) is 3.98. The van der Waals surface area contributed by atoms with Crippen LogP contribution in [0.1, 0.15) is 32.2 Å². The fourth-order valence-corrected chi connectivity index (χ4v) is 1.57. The van der Waals surface area contributed by atoms with Crippen LogP contribution in [0, 0.1) is 12.8 Å². The van der Waals surface area contributed by atoms with Gasteiger partial charge in [-0.2, -0.15) is 0 Å². The van der Waals surface area contributed by atoms with Crippen LogP contribution in [0.25, 0.3) is 0 Å². The second-order valence-electron chi connectivity index (χ2n) is 4.80. The quantitative estimate of drug-likeness (QED) is 0.753. The molecule has 0 bridgehead atoms. The van der Waals surface area contributed by atoms with Crippen molar-refractivity contribution in [3.63, 3.8) is 0 Å². The highest BCUT2D eigenvalue weighted by Crippen LogP contribution is 2.16. The number of aryl methyl sites for hydroxylation is 1. The highest BCUT2D eigenvalue weighted by atomic mass is 16.5. The van der Waals surface area contributed by atoms with Crippen LogP contribution in [0.3, 0.4) is 0 Å². The number of ether oxygens (including phenoxy) is 1. The van der Waals surface area contributed by atoms with Crippen LogP contribution < -0.4 is 10.1 Å². The molecule has 0 aromatic carbocycles. The maximum atomic E-state index is 5.70. The van der Waals surface area contributed by atoms with Crippen molar-refractivity contribution >= 4 is 0 Å². The lowest BCUT2D eigenvalue weighted by Gasteiger charge is -2.12. The summed E-state index contributed by atoms with van der Waals surface area (Å²) in [6, 6.07) is 3.98. The third-order valence-corrected chi connectivity index (χ3v) is 2.49. The largest absolute Gasteiger partial charge is 0.488 e. The van der Waals surface area contributed by atoms with E-state index >= 15 is 0 Å². The van der Waals surface area contributed by atoms with E-state index in [0.29, 0.717) is 12.5 Å². The minimum absolute atomic E-state index is 0.596. The average Bonchev–Trinajstić information content (AvgIpc) is 2.31. The van der Waals surface area contributed by atoms with Crippen molar-refractivity contribution in [3.05, 3.63) is 35.7 Å². The maximum Gasteiger partial charge on any atom is 0.142 e. The van der Waals surface area contributed by atoms with Crippen LogP contribution >= 0.6 is 0 Å². The molecule has 0 saturated carbocycles. The number of allylic oxidation sites excluding steroid dienone is 1. The van der Waals surface area contributed by atoms with E-state index in [9.17, 15) is 0 Å². The molecule has 0 aliphatic carbocycles. The number of pyridine rings is 1. The van der Waals surface area contributed by atoms with Gasteiger partial charge in [0.25, 0.3) is 0 Å². The Morgan fingerprint density at radius 2 is 2.17 bits per heavy atom. The van der Waals surface area contributed by atoms with E-state index in [2.05, 4.69) is 24.1 Å². The molecule has 100 valence electrons. The van der Waals surface area contributed by atoms with E-state index in [4.69, 9.17) is 4.74 Å². The van der Waals surface area contributed by atoms with Gasteiger partial charge < -0.3 is 10.1 Å². The molecule has 1 N–H and O–H groups in total. The molecule has 0 amide bonds. The number of hydrogen-bond donors (Lipinski definition) is 1. The second-order valence-corrected chi connectivity index (χ2v) is 4.80. The van der Waals surface area contributed by atoms with E-state index in [1.54, 1.807) is 0 Å². The molecule has 0 spiro atoms. The van der Waals surface area contributed by atoms with Crippen molar-refractivity contribution < 1.29 is 4.74 Å². The monoisotopic (exact) mass is 248 g/mol. The normalized spacial score (nSPS) is 11.4. The van der Waals surface area contributed by atoms with E-state index in [1.165, 1.54) is 0 Å². The molecule has 0 fully saturated rings. The SMILES string of the molecule is CC=CCOc1ccc(C)nc1CNCC(C)C. The number of rotatable bonds is 7. The third kappa shape index (κ3) is 5.32. The molecule has 3 heteroatoms. The standard InChI is InChI=1S/C15H24N2O/c1-5-6-9-18-15-8-7-13(4)17-14(15)11-16-10-12(2)3/h5-8,12,16H,9-11H2,1-4H3. The van der Waals surface area contributed by atoms with Crippen molar-refractivity contribution in [1.82, 2.24) is 10.3 Å². The molecule has 3 nitrogen and oxygen atoms in total. The summed E-state index contributed by atoms with van der Waals surface area (Å²) in [6.45, 7) is 10.7. The van der Waals surface area contributed by atoms with Gasteiger partial charge in [0, 0.05) is 12.2 Å². The van der Waals surface area contributed by atoms with Gasteiger partial charge in [0.1, 0.15) is 12.4 Å². The van der Waals surface area contributed by atoms with Crippen LogP contribution in [0.5, 0.6) is 5.75 Å². The van der Waals surface area contributed by atoms with Crippen molar-refractivity contribution in [2.45, 2.75) is 34.2 Å². The molecule has 0 atom stereocenters. The van der Waals surface area contributed by atoms with Crippen molar-refractivity contribution in [3.8, 4) is 5.75 Å². The van der Waals surface area contributed by atoms with Gasteiger partial charge in [-0.1, -0.05) is 26.0 Å². The molecule has 0 saturated heterocycles. The van der Waals surface area contributed by atoms with Crippen molar-refractivity contribution in [2.24, 2.45) is 5.92 Å². The first-order valence-corrected chi connectivity index (χ1v) is 6.54. The minimum atomic E-state index is 0.596. The Hall–Kier alpha value is -1.35. The fraction of sp³-hybridized carbons (Fsp3) is 0.533. The molecule has 0 aliphatic heterocycles. The topological polar surface area (TPSA) is 34.1 Å². The zero-order valence-corrected chi connectivity index (χ0v) is 11.9. The Bertz CT molecular complexity index is 386. The highest BCUT2D eigenvalue weighted by Gasteiger charge is 2.05. The molecule has 0 aliphatic rings. The van der Waals surface area contributed by atoms with Gasteiger partial charge in [-0.05, 0) is 38.4 Å². The predicted octanol–water partition coefficient (Wildman–Crippen LogP) is 3.09. The summed E-state index contributed by atoms with van der Waals surface area (Å²) in [4.78, 5) is 4.54. The molecule has 1 aromatic rings. The number of nitrogens with zero attached hydrogens (tertiary/aromatic N) is 1. The maximum absolute atomic E-state index is 5.70. The molecule has 1 heterocycles. The van der Waals surface area contributed by atoms with Crippen LogP contribution in [0.2, 0.25) is 0 Å². The van der Waals surface area contributed by atoms with Gasteiger partial charge in [0.2, 0.25) is 0 Å². The van der Waals surface area contributed by atoms with Gasteiger partial charge in [-0.15, -0.1) is 0 Å². The first-order chi connectivity index (χ1) is 8.63. The van der Waals surface area contributed by atoms with Crippen molar-refractivity contribution in [2.75, 3.05) is 13.2 Å². The van der Waals surface area contributed by atoms with Crippen LogP contribution in [-0.4, -0.2) is 18.1 Å². The Labute approximate surface area is 110 Å². The van der Waals surface area contributed by atoms with E-state index in [1.807, 2.05) is 38.1 Å². The predicted molar refractivity (Wildman–Crippen MR) is 75.8 cm³/mol. The number of nitrogens with one attached hydrogen (secondary N) is 1. The summed E-state index contributed by atoms with van der Waals surface area (Å²) in [7, 11) is 0. The Morgan fingerprint density at radius 1 is 1.39 bits per heavy atom. The van der Waals surface area contributed by atoms with Crippen LogP contribution in [0.15, 0.2) is 24.3 Å². The molecule has 0 unspecified atom stereocenters. The molecule has 1 aromatic heterocycles. The molecular formula is C15H24N2O. The summed E-state index contributed by atoms with van der Waals surface area (Å²) in [5.41, 5.74) is 2.01. The lowest BCUT2D eigenvalue weighted by Crippen LogP contribution is -2.20. The van der Waals surface area contributed by atoms with Gasteiger partial charge >= 0.3 is 0 Å². The van der Waals surface area contributed by atoms with Gasteiger partial charge in [0.15, 0.2) is 0 Å². The first kappa shape index (κ1) is 14.7. The van der Waals surface area contributed by atoms with E-state index < -0.39 is 0 Å². The molecule has 1 rings (SSSR count). The first-order valence-electron chi connectivity index (χ1n) is 6.54. The summed E-state index contributed by atoms with van der Waals surface area (Å²) in [5, 5.41) is 3.40. The molecular weight excluding hydrogens is 224 g/mol. The average molecular weight is 248 g/mol. The highest BCUT2D eigenvalue weighted by molar-refractivity contribution is 5.29. The van der Waals surface area contributed by atoms with Gasteiger partial charge in [-0.3, -0.25) is 4.98 Å². The third-order valence-electron chi connectivity index (χ3n) is 2.49. The van der Waals surface area contributed by atoms with Gasteiger partial charge in [0.05, 0.1) is 5.69 Å². The summed E-state index contributed by atoms with van der Waals surface area (Å²) in [5.74, 6) is 1.51. The van der Waals surface area contributed by atoms with Crippen molar-refractivity contribution in [1.29, 1.82) is 0 Å². The zero-order valence-electron chi connectivity index (χ0n) is 11.9. The van der Waals surface area contributed by atoms with Gasteiger partial charge in [-0.25, -0.2) is 0 Å². The van der Waals surface area contributed by atoms with Crippen LogP contribution in [-0.2, 0) is 6.54 Å². The van der Waals surface area contributed by atoms with Crippen LogP contribution in [0.4, 0.5) is 0 Å². The Morgan fingerprint density at radius 3 is 2.83 bits per heavy atom. The van der Waals surface area contributed by atoms with E-state index in [-0.39, 0.29) is 0 Å². The summed E-state index contributed by atoms with van der Waals surface area (Å²) < 4.78 is 5.70. The molecule has 18 heavy (non-hydrogen) atoms. The Balaban J connectivity index is 2.64. The smallest absolute Gasteiger partial charge is 0.142 e. The number of hydrogen-bond acceptors (Lipinski definition) is 3. The molecule has 0 radical (unpaired) electrons. The second kappa shape index (κ2) is 7.88. The minimum Gasteiger partial charge on any atom is -0.488 e. The zero-order chi connectivity index (χ0) is 13.4. The lowest BCUT2D eigenvalue weighted by molar-refractivity contribution is 0.354. The lowest BCUT2D eigenvalue weighted by atomic mass is 10.2. The number of aromatic nitrogens is 1. The summed E-state index contributed by atoms with van der Waals surface area (Å²) >= 11 is 0. The Kier molecular flexibility index (Phi) is 6.44. The van der Waals surface area contributed by atoms with E-state index in [0.717, 1.165) is 30.2 Å². The fourth-order valence-electron chi connectivity index (χ4n) is 1.57.